The Balaban J connectivity index is 1.51. The van der Waals surface area contributed by atoms with Crippen LogP contribution in [0.1, 0.15) is 43.0 Å². The molecule has 1 aliphatic carbocycles. The van der Waals surface area contributed by atoms with Crippen LogP contribution in [0.3, 0.4) is 0 Å². The molecular formula is C21H31N3O3. The van der Waals surface area contributed by atoms with Gasteiger partial charge in [0.05, 0.1) is 6.54 Å². The maximum atomic E-state index is 12.6. The number of piperazine rings is 1. The fourth-order valence-electron chi connectivity index (χ4n) is 3.85. The van der Waals surface area contributed by atoms with Gasteiger partial charge >= 0.3 is 6.09 Å². The van der Waals surface area contributed by atoms with Gasteiger partial charge in [-0.3, -0.25) is 15.0 Å². The van der Waals surface area contributed by atoms with Gasteiger partial charge < -0.3 is 9.64 Å². The Kier molecular flexibility index (Phi) is 6.85. The summed E-state index contributed by atoms with van der Waals surface area (Å²) >= 11 is 0. The highest BCUT2D eigenvalue weighted by Gasteiger charge is 2.22. The molecule has 1 aliphatic heterocycles. The van der Waals surface area contributed by atoms with Crippen LogP contribution in [0.15, 0.2) is 24.3 Å². The van der Waals surface area contributed by atoms with Crippen molar-refractivity contribution in [2.45, 2.75) is 38.7 Å². The number of likely N-dealkylation sites (N-methyl/N-ethyl adjacent to an activating group) is 1. The van der Waals surface area contributed by atoms with Crippen molar-refractivity contribution in [3.63, 3.8) is 0 Å². The van der Waals surface area contributed by atoms with Crippen molar-refractivity contribution in [1.82, 2.24) is 9.80 Å². The summed E-state index contributed by atoms with van der Waals surface area (Å²) in [5.41, 5.74) is 1.23. The molecule has 1 amide bonds. The van der Waals surface area contributed by atoms with Crippen molar-refractivity contribution in [3.05, 3.63) is 29.8 Å². The van der Waals surface area contributed by atoms with Gasteiger partial charge in [-0.25, -0.2) is 4.79 Å². The van der Waals surface area contributed by atoms with Crippen LogP contribution in [-0.4, -0.2) is 67.6 Å². The van der Waals surface area contributed by atoms with Crippen molar-refractivity contribution in [3.8, 4) is 0 Å². The summed E-state index contributed by atoms with van der Waals surface area (Å²) in [6.45, 7) is 6.41. The quantitative estimate of drug-likeness (QED) is 0.803. The van der Waals surface area contributed by atoms with Crippen molar-refractivity contribution < 1.29 is 14.3 Å². The molecular weight excluding hydrogens is 342 g/mol. The average molecular weight is 373 g/mol. The second-order valence-electron chi connectivity index (χ2n) is 8.01. The predicted molar refractivity (Wildman–Crippen MR) is 106 cm³/mol. The Morgan fingerprint density at radius 3 is 2.70 bits per heavy atom. The van der Waals surface area contributed by atoms with Crippen molar-refractivity contribution in [1.29, 1.82) is 0 Å². The molecule has 6 heteroatoms. The van der Waals surface area contributed by atoms with Gasteiger partial charge in [0, 0.05) is 37.4 Å². The summed E-state index contributed by atoms with van der Waals surface area (Å²) in [6.07, 6.45) is 3.74. The molecule has 0 spiro atoms. The number of Topliss-reactive ketones (excluding diaryl/α,β-unsaturated/α-hetero) is 1. The van der Waals surface area contributed by atoms with E-state index in [9.17, 15) is 9.59 Å². The largest absolute Gasteiger partial charge is 0.446 e. The molecule has 1 heterocycles. The molecule has 2 fully saturated rings. The number of rotatable bonds is 5. The minimum absolute atomic E-state index is 0.00389. The van der Waals surface area contributed by atoms with Crippen LogP contribution in [0, 0.1) is 5.92 Å². The highest BCUT2D eigenvalue weighted by Crippen LogP contribution is 2.26. The standard InChI is InChI=1S/C21H31N3O3/c1-16-5-3-8-19(13-16)27-21(26)22-18-7-4-6-17(14-18)20(25)15-24-11-9-23(2)10-12-24/h4,6-7,14,16,19H,3,5,8-13,15H2,1-2H3,(H,22,26). The third-order valence-corrected chi connectivity index (χ3v) is 5.56. The fourth-order valence-corrected chi connectivity index (χ4v) is 3.85. The zero-order valence-electron chi connectivity index (χ0n) is 16.4. The van der Waals surface area contributed by atoms with Crippen molar-refractivity contribution in [2.24, 2.45) is 5.92 Å². The first-order valence-electron chi connectivity index (χ1n) is 10.0. The van der Waals surface area contributed by atoms with E-state index in [1.165, 1.54) is 6.42 Å². The summed E-state index contributed by atoms with van der Waals surface area (Å²) < 4.78 is 5.55. The molecule has 1 aromatic rings. The Morgan fingerprint density at radius 1 is 1.19 bits per heavy atom. The van der Waals surface area contributed by atoms with Crippen LogP contribution in [-0.2, 0) is 4.74 Å². The second kappa shape index (κ2) is 9.33. The monoisotopic (exact) mass is 373 g/mol. The molecule has 148 valence electrons. The van der Waals surface area contributed by atoms with E-state index in [-0.39, 0.29) is 11.9 Å². The first kappa shape index (κ1) is 19.8. The molecule has 2 unspecified atom stereocenters. The smallest absolute Gasteiger partial charge is 0.411 e. The van der Waals surface area contributed by atoms with Crippen molar-refractivity contribution in [2.75, 3.05) is 45.1 Å². The highest BCUT2D eigenvalue weighted by atomic mass is 16.6. The molecule has 27 heavy (non-hydrogen) atoms. The minimum Gasteiger partial charge on any atom is -0.446 e. The van der Waals surface area contributed by atoms with Crippen LogP contribution in [0.5, 0.6) is 0 Å². The zero-order valence-corrected chi connectivity index (χ0v) is 16.4. The van der Waals surface area contributed by atoms with Gasteiger partial charge in [0.2, 0.25) is 0 Å². The second-order valence-corrected chi connectivity index (χ2v) is 8.01. The van der Waals surface area contributed by atoms with Gasteiger partial charge in [-0.05, 0) is 44.4 Å². The van der Waals surface area contributed by atoms with Crippen LogP contribution in [0.2, 0.25) is 0 Å². The number of nitrogens with zero attached hydrogens (tertiary/aromatic N) is 2. The van der Waals surface area contributed by atoms with Gasteiger partial charge in [0.15, 0.2) is 5.78 Å². The molecule has 0 bridgehead atoms. The van der Waals surface area contributed by atoms with Gasteiger partial charge in [-0.2, -0.15) is 0 Å². The van der Waals surface area contributed by atoms with E-state index >= 15 is 0 Å². The molecule has 2 aliphatic rings. The summed E-state index contributed by atoms with van der Waals surface area (Å²) in [5, 5.41) is 2.78. The maximum absolute atomic E-state index is 12.6. The molecule has 3 rings (SSSR count). The molecule has 0 radical (unpaired) electrons. The van der Waals surface area contributed by atoms with Gasteiger partial charge in [-0.15, -0.1) is 0 Å². The zero-order chi connectivity index (χ0) is 19.2. The number of hydrogen-bond acceptors (Lipinski definition) is 5. The fraction of sp³-hybridized carbons (Fsp3) is 0.619. The van der Waals surface area contributed by atoms with E-state index in [4.69, 9.17) is 4.74 Å². The normalized spacial score (nSPS) is 24.4. The molecule has 1 N–H and O–H groups in total. The highest BCUT2D eigenvalue weighted by molar-refractivity contribution is 5.99. The Bertz CT molecular complexity index is 656. The number of nitrogens with one attached hydrogen (secondary N) is 1. The summed E-state index contributed by atoms with van der Waals surface area (Å²) in [6, 6.07) is 7.13. The Labute approximate surface area is 161 Å². The van der Waals surface area contributed by atoms with E-state index in [0.717, 1.165) is 45.4 Å². The minimum atomic E-state index is -0.433. The average Bonchev–Trinajstić information content (AvgIpc) is 2.63. The lowest BCUT2D eigenvalue weighted by Gasteiger charge is -2.31. The molecule has 1 saturated carbocycles. The number of carbonyl (C=O) groups is 2. The topological polar surface area (TPSA) is 61.9 Å². The van der Waals surface area contributed by atoms with Gasteiger partial charge in [0.1, 0.15) is 6.10 Å². The van der Waals surface area contributed by atoms with Crippen LogP contribution >= 0.6 is 0 Å². The molecule has 0 aromatic heterocycles. The number of hydrogen-bond donors (Lipinski definition) is 1. The third kappa shape index (κ3) is 6.04. The molecule has 1 saturated heterocycles. The summed E-state index contributed by atoms with van der Waals surface area (Å²) in [7, 11) is 2.10. The first-order valence-corrected chi connectivity index (χ1v) is 10.0. The summed E-state index contributed by atoms with van der Waals surface area (Å²) in [4.78, 5) is 29.2. The van der Waals surface area contributed by atoms with Gasteiger partial charge in [0.25, 0.3) is 0 Å². The van der Waals surface area contributed by atoms with E-state index < -0.39 is 6.09 Å². The molecule has 1 aromatic carbocycles. The Hall–Kier alpha value is -1.92. The lowest BCUT2D eigenvalue weighted by molar-refractivity contribution is 0.0723. The van der Waals surface area contributed by atoms with Crippen LogP contribution in [0.25, 0.3) is 0 Å². The lowest BCUT2D eigenvalue weighted by atomic mass is 9.89. The maximum Gasteiger partial charge on any atom is 0.411 e. The van der Waals surface area contributed by atoms with E-state index in [2.05, 4.69) is 29.1 Å². The number of ketones is 1. The molecule has 6 nitrogen and oxygen atoms in total. The summed E-state index contributed by atoms with van der Waals surface area (Å²) in [5.74, 6) is 0.685. The number of benzene rings is 1. The van der Waals surface area contributed by atoms with Gasteiger partial charge in [-0.1, -0.05) is 25.5 Å². The Morgan fingerprint density at radius 2 is 1.96 bits per heavy atom. The SMILES string of the molecule is CC1CCCC(OC(=O)Nc2cccc(C(=O)CN3CCN(C)CC3)c2)C1. The van der Waals surface area contributed by atoms with E-state index in [1.807, 2.05) is 0 Å². The number of carbonyl (C=O) groups excluding carboxylic acids is 2. The van der Waals surface area contributed by atoms with Crippen LogP contribution < -0.4 is 5.32 Å². The number of ether oxygens (including phenoxy) is 1. The number of amides is 1. The molecule has 2 atom stereocenters. The van der Waals surface area contributed by atoms with E-state index in [1.54, 1.807) is 24.3 Å². The first-order chi connectivity index (χ1) is 13.0. The lowest BCUT2D eigenvalue weighted by Crippen LogP contribution is -2.46. The predicted octanol–water partition coefficient (Wildman–Crippen LogP) is 3.24. The number of anilines is 1. The van der Waals surface area contributed by atoms with Crippen LogP contribution in [0.4, 0.5) is 10.5 Å². The van der Waals surface area contributed by atoms with E-state index in [0.29, 0.717) is 23.7 Å². The third-order valence-electron chi connectivity index (χ3n) is 5.56. The van der Waals surface area contributed by atoms with Crippen molar-refractivity contribution >= 4 is 17.6 Å².